The van der Waals surface area contributed by atoms with Crippen LogP contribution in [-0.2, 0) is 0 Å². The second-order valence-corrected chi connectivity index (χ2v) is 5.03. The Balaban J connectivity index is 2.08. The molecule has 0 aliphatic rings. The van der Waals surface area contributed by atoms with Gasteiger partial charge in [-0.1, -0.05) is 22.9 Å². The van der Waals surface area contributed by atoms with Gasteiger partial charge in [-0.3, -0.25) is 0 Å². The van der Waals surface area contributed by atoms with Gasteiger partial charge in [-0.25, -0.2) is 0 Å². The van der Waals surface area contributed by atoms with Crippen molar-refractivity contribution in [2.24, 2.45) is 10.9 Å². The maximum absolute atomic E-state index is 8.41. The van der Waals surface area contributed by atoms with Crippen LogP contribution in [0.3, 0.4) is 0 Å². The summed E-state index contributed by atoms with van der Waals surface area (Å²) in [4.78, 5) is 0. The number of nitrogens with one attached hydrogen (secondary N) is 1. The van der Waals surface area contributed by atoms with Gasteiger partial charge in [0.05, 0.1) is 0 Å². The molecule has 5 heteroatoms. The second kappa shape index (κ2) is 9.20. The van der Waals surface area contributed by atoms with E-state index in [1.165, 1.54) is 5.56 Å². The number of benzene rings is 1. The summed E-state index contributed by atoms with van der Waals surface area (Å²) < 4.78 is 5.70. The number of hydrogen-bond donors (Lipinski definition) is 3. The number of rotatable bonds is 9. The lowest BCUT2D eigenvalue weighted by molar-refractivity contribution is 0.273. The van der Waals surface area contributed by atoms with Gasteiger partial charge in [0.25, 0.3) is 0 Å². The number of ether oxygens (including phenoxy) is 1. The molecule has 0 aliphatic carbocycles. The first-order valence-corrected chi connectivity index (χ1v) is 7.01. The highest BCUT2D eigenvalue weighted by molar-refractivity contribution is 5.79. The van der Waals surface area contributed by atoms with Crippen LogP contribution in [0.2, 0.25) is 0 Å². The van der Waals surface area contributed by atoms with Crippen LogP contribution < -0.4 is 15.8 Å². The van der Waals surface area contributed by atoms with Gasteiger partial charge in [-0.15, -0.1) is 0 Å². The van der Waals surface area contributed by atoms with Crippen LogP contribution in [0.1, 0.15) is 31.7 Å². The number of unbranched alkanes of at least 4 members (excludes halogenated alkanes) is 1. The van der Waals surface area contributed by atoms with Gasteiger partial charge in [0.2, 0.25) is 0 Å². The van der Waals surface area contributed by atoms with Gasteiger partial charge >= 0.3 is 0 Å². The van der Waals surface area contributed by atoms with Gasteiger partial charge in [0, 0.05) is 12.5 Å². The van der Waals surface area contributed by atoms with Crippen molar-refractivity contribution in [3.05, 3.63) is 29.8 Å². The Morgan fingerprint density at radius 1 is 1.35 bits per heavy atom. The molecule has 0 aromatic heterocycles. The molecule has 0 amide bonds. The smallest absolute Gasteiger partial charge is 0.139 e. The minimum atomic E-state index is 0.292. The third-order valence-corrected chi connectivity index (χ3v) is 3.00. The molecule has 0 fully saturated rings. The van der Waals surface area contributed by atoms with Crippen LogP contribution >= 0.6 is 0 Å². The Hall–Kier alpha value is -1.75. The molecule has 0 spiro atoms. The largest absolute Gasteiger partial charge is 0.492 e. The highest BCUT2D eigenvalue weighted by Crippen LogP contribution is 2.11. The van der Waals surface area contributed by atoms with Gasteiger partial charge in [-0.05, 0) is 45.4 Å². The summed E-state index contributed by atoms with van der Waals surface area (Å²) >= 11 is 0. The van der Waals surface area contributed by atoms with E-state index in [0.717, 1.165) is 25.1 Å². The fraction of sp³-hybridized carbons (Fsp3) is 0.533. The van der Waals surface area contributed by atoms with E-state index >= 15 is 0 Å². The Morgan fingerprint density at radius 2 is 2.05 bits per heavy atom. The van der Waals surface area contributed by atoms with Crippen molar-refractivity contribution in [2.75, 3.05) is 13.2 Å². The number of hydrogen-bond acceptors (Lipinski definition) is 4. The van der Waals surface area contributed by atoms with E-state index in [4.69, 9.17) is 15.7 Å². The monoisotopic (exact) mass is 279 g/mol. The van der Waals surface area contributed by atoms with Gasteiger partial charge in [-0.2, -0.15) is 0 Å². The molecule has 0 bridgehead atoms. The lowest BCUT2D eigenvalue weighted by Crippen LogP contribution is -2.32. The van der Waals surface area contributed by atoms with Crippen molar-refractivity contribution in [3.63, 3.8) is 0 Å². The summed E-state index contributed by atoms with van der Waals surface area (Å²) in [5.41, 5.74) is 6.63. The maximum atomic E-state index is 8.41. The number of oxime groups is 1. The summed E-state index contributed by atoms with van der Waals surface area (Å²) in [5, 5.41) is 14.7. The fourth-order valence-corrected chi connectivity index (χ4v) is 1.74. The fourth-order valence-electron chi connectivity index (χ4n) is 1.74. The zero-order chi connectivity index (χ0) is 14.8. The quantitative estimate of drug-likeness (QED) is 0.213. The zero-order valence-corrected chi connectivity index (χ0v) is 12.3. The lowest BCUT2D eigenvalue weighted by Gasteiger charge is -2.15. The third-order valence-electron chi connectivity index (χ3n) is 3.00. The molecule has 1 aromatic rings. The van der Waals surface area contributed by atoms with Crippen LogP contribution in [0.25, 0.3) is 0 Å². The minimum absolute atomic E-state index is 0.292. The Morgan fingerprint density at radius 3 is 2.70 bits per heavy atom. The molecule has 112 valence electrons. The summed E-state index contributed by atoms with van der Waals surface area (Å²) in [6.45, 7) is 5.69. The van der Waals surface area contributed by atoms with E-state index in [1.54, 1.807) is 0 Å². The first-order chi connectivity index (χ1) is 9.61. The van der Waals surface area contributed by atoms with Gasteiger partial charge < -0.3 is 21.0 Å². The molecule has 0 radical (unpaired) electrons. The zero-order valence-electron chi connectivity index (χ0n) is 12.3. The van der Waals surface area contributed by atoms with Crippen molar-refractivity contribution >= 4 is 5.84 Å². The summed E-state index contributed by atoms with van der Waals surface area (Å²) in [5.74, 6) is 1.19. The maximum Gasteiger partial charge on any atom is 0.139 e. The average molecular weight is 279 g/mol. The van der Waals surface area contributed by atoms with Gasteiger partial charge in [0.1, 0.15) is 18.2 Å². The molecule has 0 aliphatic heterocycles. The number of amidine groups is 1. The molecule has 1 rings (SSSR count). The molecule has 5 nitrogen and oxygen atoms in total. The molecule has 4 N–H and O–H groups in total. The van der Waals surface area contributed by atoms with Crippen molar-refractivity contribution < 1.29 is 9.94 Å². The highest BCUT2D eigenvalue weighted by atomic mass is 16.5. The summed E-state index contributed by atoms with van der Waals surface area (Å²) in [7, 11) is 0. The third kappa shape index (κ3) is 6.99. The normalized spacial score (nSPS) is 13.2. The topological polar surface area (TPSA) is 79.9 Å². The Labute approximate surface area is 120 Å². The van der Waals surface area contributed by atoms with Gasteiger partial charge in [0.15, 0.2) is 0 Å². The molecule has 1 unspecified atom stereocenters. The van der Waals surface area contributed by atoms with E-state index in [2.05, 4.69) is 24.3 Å². The van der Waals surface area contributed by atoms with Crippen LogP contribution in [0.15, 0.2) is 29.4 Å². The predicted octanol–water partition coefficient (Wildman–Crippen LogP) is 2.27. The molecule has 0 heterocycles. The molecular formula is C15H25N3O2. The van der Waals surface area contributed by atoms with E-state index in [0.29, 0.717) is 24.9 Å². The first-order valence-electron chi connectivity index (χ1n) is 7.01. The molecule has 0 saturated carbocycles. The van der Waals surface area contributed by atoms with Crippen LogP contribution in [0, 0.1) is 6.92 Å². The summed E-state index contributed by atoms with van der Waals surface area (Å²) in [6.07, 6.45) is 2.53. The minimum Gasteiger partial charge on any atom is -0.492 e. The van der Waals surface area contributed by atoms with Crippen molar-refractivity contribution in [3.8, 4) is 5.75 Å². The lowest BCUT2D eigenvalue weighted by atomic mass is 10.2. The highest BCUT2D eigenvalue weighted by Gasteiger charge is 2.02. The standard InChI is InChI=1S/C15H25N3O2/c1-12-6-8-14(9-7-12)20-11-13(2)17-10-4-3-5-15(16)18-19/h6-9,13,17,19H,3-5,10-11H2,1-2H3,(H2,16,18). The molecule has 1 atom stereocenters. The van der Waals surface area contributed by atoms with Crippen molar-refractivity contribution in [1.29, 1.82) is 0 Å². The number of nitrogens with two attached hydrogens (primary N) is 1. The molecule has 1 aromatic carbocycles. The Kier molecular flexibility index (Phi) is 7.50. The van der Waals surface area contributed by atoms with E-state index in [1.807, 2.05) is 24.3 Å². The summed E-state index contributed by atoms with van der Waals surface area (Å²) in [6, 6.07) is 8.35. The van der Waals surface area contributed by atoms with E-state index in [9.17, 15) is 0 Å². The number of aryl methyl sites for hydroxylation is 1. The van der Waals surface area contributed by atoms with Crippen molar-refractivity contribution in [1.82, 2.24) is 5.32 Å². The SMILES string of the molecule is Cc1ccc(OCC(C)NCCCCC(N)=NO)cc1. The average Bonchev–Trinajstić information content (AvgIpc) is 2.46. The second-order valence-electron chi connectivity index (χ2n) is 5.03. The number of nitrogens with zero attached hydrogens (tertiary/aromatic N) is 1. The molecule has 0 saturated heterocycles. The molecule has 20 heavy (non-hydrogen) atoms. The first kappa shape index (κ1) is 16.3. The van der Waals surface area contributed by atoms with Crippen molar-refractivity contribution in [2.45, 2.75) is 39.2 Å². The predicted molar refractivity (Wildman–Crippen MR) is 81.4 cm³/mol. The van der Waals surface area contributed by atoms with E-state index < -0.39 is 0 Å². The molecular weight excluding hydrogens is 254 g/mol. The van der Waals surface area contributed by atoms with Crippen LogP contribution in [-0.4, -0.2) is 30.2 Å². The Bertz CT molecular complexity index is 404. The van der Waals surface area contributed by atoms with Crippen LogP contribution in [0.5, 0.6) is 5.75 Å². The van der Waals surface area contributed by atoms with E-state index in [-0.39, 0.29) is 0 Å². The van der Waals surface area contributed by atoms with Crippen LogP contribution in [0.4, 0.5) is 0 Å².